The number of furan rings is 1. The van der Waals surface area contributed by atoms with E-state index in [1.807, 2.05) is 6.07 Å². The van der Waals surface area contributed by atoms with E-state index in [4.69, 9.17) is 4.42 Å². The summed E-state index contributed by atoms with van der Waals surface area (Å²) in [6.45, 7) is 0. The van der Waals surface area contributed by atoms with Crippen molar-refractivity contribution in [3.63, 3.8) is 0 Å². The highest BCUT2D eigenvalue weighted by Gasteiger charge is 2.26. The monoisotopic (exact) mass is 566 g/mol. The summed E-state index contributed by atoms with van der Waals surface area (Å²) in [6, 6.07) is 30.9. The average Bonchev–Trinajstić information content (AvgIpc) is 3.44. The zero-order chi connectivity index (χ0) is 31.3. The highest BCUT2D eigenvalue weighted by Crippen LogP contribution is 2.43. The summed E-state index contributed by atoms with van der Waals surface area (Å²) in [5, 5.41) is 10.4. The Morgan fingerprint density at radius 1 is 0.378 bits per heavy atom. The van der Waals surface area contributed by atoms with Crippen molar-refractivity contribution in [3.05, 3.63) is 84.9 Å². The highest BCUT2D eigenvalue weighted by atomic mass is 16.3. The molecule has 1 heterocycles. The van der Waals surface area contributed by atoms with Crippen molar-refractivity contribution in [2.45, 2.75) is 0 Å². The molecule has 8 rings (SSSR count). The Morgan fingerprint density at radius 3 is 1.49 bits per heavy atom. The second kappa shape index (κ2) is 10.1. The zero-order valence-corrected chi connectivity index (χ0v) is 27.5. The maximum absolute atomic E-state index is 6.29. The first kappa shape index (κ1) is 28.1. The molecule has 0 saturated carbocycles. The van der Waals surface area contributed by atoms with E-state index in [0.29, 0.717) is 0 Å². The number of rotatable bonds is 2. The molecular formula is C36H30B8O. The molecule has 9 heteroatoms. The molecule has 0 fully saturated rings. The van der Waals surface area contributed by atoms with Crippen molar-refractivity contribution in [2.75, 3.05) is 0 Å². The van der Waals surface area contributed by atoms with Crippen LogP contribution in [0.2, 0.25) is 0 Å². The Labute approximate surface area is 271 Å². The Bertz CT molecular complexity index is 2500. The van der Waals surface area contributed by atoms with Crippen molar-refractivity contribution >= 4 is 161 Å². The van der Waals surface area contributed by atoms with Crippen LogP contribution in [0.15, 0.2) is 89.3 Å². The minimum absolute atomic E-state index is 0.931. The molecule has 45 heavy (non-hydrogen) atoms. The summed E-state index contributed by atoms with van der Waals surface area (Å²) in [6.07, 6.45) is 0. The van der Waals surface area contributed by atoms with Crippen LogP contribution in [0.1, 0.15) is 0 Å². The third-order valence-electron chi connectivity index (χ3n) is 11.1. The maximum atomic E-state index is 6.29. The van der Waals surface area contributed by atoms with Gasteiger partial charge in [0, 0.05) is 10.8 Å². The zero-order valence-electron chi connectivity index (χ0n) is 27.5. The predicted molar refractivity (Wildman–Crippen MR) is 223 cm³/mol. The van der Waals surface area contributed by atoms with E-state index < -0.39 is 0 Å². The van der Waals surface area contributed by atoms with Crippen molar-refractivity contribution in [3.8, 4) is 22.3 Å². The van der Waals surface area contributed by atoms with E-state index in [9.17, 15) is 0 Å². The molecule has 0 unspecified atom stereocenters. The lowest BCUT2D eigenvalue weighted by Gasteiger charge is -2.28. The van der Waals surface area contributed by atoms with Gasteiger partial charge in [-0.1, -0.05) is 88.6 Å². The lowest BCUT2D eigenvalue weighted by molar-refractivity contribution is 0.669. The van der Waals surface area contributed by atoms with Gasteiger partial charge in [-0.2, -0.15) is 0 Å². The predicted octanol–water partition coefficient (Wildman–Crippen LogP) is -3.55. The third-order valence-corrected chi connectivity index (χ3v) is 11.1. The molecular weight excluding hydrogens is 535 g/mol. The average molecular weight is 565 g/mol. The molecule has 0 radical (unpaired) electrons. The van der Waals surface area contributed by atoms with Crippen LogP contribution in [0.3, 0.4) is 0 Å². The van der Waals surface area contributed by atoms with Gasteiger partial charge in [0.2, 0.25) is 0 Å². The van der Waals surface area contributed by atoms with Crippen molar-refractivity contribution in [2.24, 2.45) is 0 Å². The summed E-state index contributed by atoms with van der Waals surface area (Å²) in [4.78, 5) is 0. The highest BCUT2D eigenvalue weighted by molar-refractivity contribution is 6.71. The minimum atomic E-state index is 0.931. The molecule has 0 saturated heterocycles. The number of hydrogen-bond donors (Lipinski definition) is 0. The second-order valence-corrected chi connectivity index (χ2v) is 13.1. The Kier molecular flexibility index (Phi) is 6.30. The molecule has 0 amide bonds. The smallest absolute Gasteiger partial charge is 0.139 e. The molecule has 204 valence electrons. The van der Waals surface area contributed by atoms with Gasteiger partial charge in [-0.15, -0.1) is 21.9 Å². The Hall–Kier alpha value is -4.36. The van der Waals surface area contributed by atoms with Crippen LogP contribution in [0.4, 0.5) is 0 Å². The van der Waals surface area contributed by atoms with Gasteiger partial charge in [0.15, 0.2) is 0 Å². The molecule has 0 bridgehead atoms. The van der Waals surface area contributed by atoms with Crippen LogP contribution in [0, 0.1) is 0 Å². The fourth-order valence-electron chi connectivity index (χ4n) is 8.01. The quantitative estimate of drug-likeness (QED) is 0.157. The molecule has 1 nitrogen and oxygen atoms in total. The van der Waals surface area contributed by atoms with Crippen LogP contribution in [-0.4, -0.2) is 62.8 Å². The van der Waals surface area contributed by atoms with E-state index in [2.05, 4.69) is 142 Å². The first-order valence-electron chi connectivity index (χ1n) is 16.0. The second-order valence-electron chi connectivity index (χ2n) is 13.1. The van der Waals surface area contributed by atoms with E-state index in [1.165, 1.54) is 104 Å². The number of benzene rings is 7. The first-order valence-corrected chi connectivity index (χ1v) is 16.0. The number of para-hydroxylation sites is 1. The van der Waals surface area contributed by atoms with Crippen LogP contribution < -0.4 is 43.7 Å². The summed E-state index contributed by atoms with van der Waals surface area (Å²) in [7, 11) is 18.5. The van der Waals surface area contributed by atoms with Crippen LogP contribution in [0.5, 0.6) is 0 Å². The maximum Gasteiger partial charge on any atom is 0.139 e. The van der Waals surface area contributed by atoms with Crippen LogP contribution in [-0.2, 0) is 0 Å². The third kappa shape index (κ3) is 3.86. The van der Waals surface area contributed by atoms with E-state index in [1.54, 1.807) is 0 Å². The Morgan fingerprint density at radius 2 is 0.867 bits per heavy atom. The van der Waals surface area contributed by atoms with E-state index in [0.717, 1.165) is 16.6 Å². The fraction of sp³-hybridized carbons (Fsp3) is 0. The molecule has 0 aliphatic rings. The van der Waals surface area contributed by atoms with Crippen molar-refractivity contribution in [1.29, 1.82) is 0 Å². The molecule has 1 aromatic heterocycles. The lowest BCUT2D eigenvalue weighted by Crippen LogP contribution is -2.50. The first-order chi connectivity index (χ1) is 21.7. The molecule has 0 aliphatic carbocycles. The molecule has 0 aliphatic heterocycles. The van der Waals surface area contributed by atoms with Gasteiger partial charge in [-0.05, 0) is 72.8 Å². The van der Waals surface area contributed by atoms with Crippen molar-refractivity contribution in [1.82, 2.24) is 0 Å². The van der Waals surface area contributed by atoms with E-state index in [-0.39, 0.29) is 0 Å². The summed E-state index contributed by atoms with van der Waals surface area (Å²) in [5.74, 6) is 0. The van der Waals surface area contributed by atoms with Gasteiger partial charge in [0.1, 0.15) is 73.9 Å². The van der Waals surface area contributed by atoms with Gasteiger partial charge in [-0.25, -0.2) is 0 Å². The van der Waals surface area contributed by atoms with Gasteiger partial charge in [0.05, 0.1) is 0 Å². The summed E-state index contributed by atoms with van der Waals surface area (Å²) >= 11 is 0. The van der Waals surface area contributed by atoms with Gasteiger partial charge < -0.3 is 4.42 Å². The molecule has 7 aromatic carbocycles. The molecule has 0 N–H and O–H groups in total. The van der Waals surface area contributed by atoms with Crippen LogP contribution >= 0.6 is 0 Å². The largest absolute Gasteiger partial charge is 0.456 e. The normalized spacial score (nSPS) is 11.8. The van der Waals surface area contributed by atoms with E-state index >= 15 is 0 Å². The fourth-order valence-corrected chi connectivity index (χ4v) is 8.01. The molecule has 8 aromatic rings. The van der Waals surface area contributed by atoms with Crippen LogP contribution in [0.25, 0.3) is 76.5 Å². The lowest BCUT2D eigenvalue weighted by atomic mass is 9.59. The summed E-state index contributed by atoms with van der Waals surface area (Å²) < 4.78 is 6.29. The topological polar surface area (TPSA) is 13.1 Å². The van der Waals surface area contributed by atoms with Gasteiger partial charge in [0.25, 0.3) is 0 Å². The van der Waals surface area contributed by atoms with Gasteiger partial charge in [-0.3, -0.25) is 0 Å². The molecule has 0 atom stereocenters. The molecule has 0 spiro atoms. The SMILES string of the molecule is Bc1c(B)c(B)c2c(-c3cccc4ccccc34)c3c(B)c(B)c(B)c(B)c3c(-c3ccc4oc5ccccc5c4c3)c2c1B. The summed E-state index contributed by atoms with van der Waals surface area (Å²) in [5.41, 5.74) is 18.1. The number of hydrogen-bond acceptors (Lipinski definition) is 1. The Balaban J connectivity index is 1.69. The van der Waals surface area contributed by atoms with Crippen molar-refractivity contribution < 1.29 is 4.42 Å². The number of fused-ring (bicyclic) bond motifs is 6. The standard InChI is InChI=1S/C36H30B8O/c37-29-25-23(16-12-13-22-20(14-16)18-9-3-4-11-21(18)45-22)26-28(32(40)36(44)34(42)30(26)38)24(27(25)31(39)35(43)33(29)41)19-10-5-7-15-6-1-2-8-17(15)19/h1-14H,37-44H2. The minimum Gasteiger partial charge on any atom is -0.456 e. The van der Waals surface area contributed by atoms with Gasteiger partial charge >= 0.3 is 0 Å².